The lowest BCUT2D eigenvalue weighted by atomic mass is 10.0. The number of carbonyl (C=O) groups is 2. The maximum atomic E-state index is 12.2. The van der Waals surface area contributed by atoms with Gasteiger partial charge in [-0.15, -0.1) is 0 Å². The highest BCUT2D eigenvalue weighted by Gasteiger charge is 2.48. The lowest BCUT2D eigenvalue weighted by Gasteiger charge is -2.28. The Morgan fingerprint density at radius 2 is 1.67 bits per heavy atom. The zero-order valence-electron chi connectivity index (χ0n) is 11.3. The molecule has 1 heterocycles. The zero-order valence-corrected chi connectivity index (χ0v) is 12.8. The number of hydrogen-bond acceptors (Lipinski definition) is 2. The van der Waals surface area contributed by atoms with Gasteiger partial charge in [0.1, 0.15) is 0 Å². The average Bonchev–Trinajstić information content (AvgIpc) is 2.77. The van der Waals surface area contributed by atoms with Gasteiger partial charge in [-0.3, -0.25) is 4.79 Å². The summed E-state index contributed by atoms with van der Waals surface area (Å²) >= 11 is 11.5. The van der Waals surface area contributed by atoms with Crippen LogP contribution in [0.15, 0.2) is 42.5 Å². The molecule has 3 rings (SSSR count). The van der Waals surface area contributed by atoms with E-state index in [1.165, 1.54) is 0 Å². The van der Waals surface area contributed by atoms with Crippen LogP contribution in [-0.4, -0.2) is 17.2 Å². The number of fused-ring (bicyclic) bond motifs is 3. The third-order valence-corrected chi connectivity index (χ3v) is 4.52. The van der Waals surface area contributed by atoms with E-state index in [0.717, 1.165) is 22.5 Å². The molecule has 0 saturated carbocycles. The topological polar surface area (TPSA) is 34.1 Å². The molecule has 1 amide bonds. The van der Waals surface area contributed by atoms with Gasteiger partial charge >= 0.3 is 5.37 Å². The molecule has 2 aromatic carbocycles. The number of rotatable bonds is 2. The van der Waals surface area contributed by atoms with Crippen molar-refractivity contribution in [1.82, 2.24) is 4.48 Å². The van der Waals surface area contributed by atoms with Gasteiger partial charge in [0, 0.05) is 34.9 Å². The Balaban J connectivity index is 2.39. The van der Waals surface area contributed by atoms with Crippen molar-refractivity contribution in [1.29, 1.82) is 0 Å². The lowest BCUT2D eigenvalue weighted by molar-refractivity contribution is 0.108. The van der Waals surface area contributed by atoms with Gasteiger partial charge in [0.15, 0.2) is 11.4 Å². The molecule has 1 aliphatic heterocycles. The molecule has 0 aromatic heterocycles. The summed E-state index contributed by atoms with van der Waals surface area (Å²) in [4.78, 5) is 23.6. The number of hydrogen-bond donors (Lipinski definition) is 0. The first-order valence-electron chi connectivity index (χ1n) is 6.55. The fourth-order valence-corrected chi connectivity index (χ4v) is 3.44. The molecule has 0 spiro atoms. The molecule has 21 heavy (non-hydrogen) atoms. The standard InChI is InChI=1S/C16H12Cl2NO2/c1-2-19(16(18)21)13-6-4-3-5-11(13)12-9-10(15(17)20)7-8-14(12)19/h3-9H,2H2,1H3/q+1. The molecule has 106 valence electrons. The minimum Gasteiger partial charge on any atom is -0.276 e. The maximum Gasteiger partial charge on any atom is 0.422 e. The van der Waals surface area contributed by atoms with Gasteiger partial charge in [0.2, 0.25) is 0 Å². The van der Waals surface area contributed by atoms with E-state index in [4.69, 9.17) is 23.2 Å². The van der Waals surface area contributed by atoms with Crippen molar-refractivity contribution in [3.63, 3.8) is 0 Å². The van der Waals surface area contributed by atoms with Gasteiger partial charge in [0.05, 0.1) is 12.1 Å². The molecule has 0 N–H and O–H groups in total. The van der Waals surface area contributed by atoms with Crippen LogP contribution < -0.4 is 4.48 Å². The molecular weight excluding hydrogens is 309 g/mol. The van der Waals surface area contributed by atoms with Gasteiger partial charge in [-0.1, -0.05) is 12.1 Å². The largest absolute Gasteiger partial charge is 0.422 e. The fourth-order valence-electron chi connectivity index (χ4n) is 3.03. The molecule has 3 nitrogen and oxygen atoms in total. The van der Waals surface area contributed by atoms with E-state index in [9.17, 15) is 9.59 Å². The summed E-state index contributed by atoms with van der Waals surface area (Å²) < 4.78 is -0.0518. The minimum absolute atomic E-state index is 0.0518. The highest BCUT2D eigenvalue weighted by Crippen LogP contribution is 2.53. The van der Waals surface area contributed by atoms with E-state index < -0.39 is 10.6 Å². The van der Waals surface area contributed by atoms with Crippen LogP contribution in [0, 0.1) is 0 Å². The van der Waals surface area contributed by atoms with E-state index in [2.05, 4.69) is 0 Å². The Labute approximate surface area is 132 Å². The molecule has 0 radical (unpaired) electrons. The number of amides is 1. The summed E-state index contributed by atoms with van der Waals surface area (Å²) in [7, 11) is 0. The Morgan fingerprint density at radius 1 is 1.00 bits per heavy atom. The van der Waals surface area contributed by atoms with Crippen molar-refractivity contribution in [3.05, 3.63) is 48.0 Å². The Morgan fingerprint density at radius 3 is 2.29 bits per heavy atom. The zero-order chi connectivity index (χ0) is 15.2. The first kappa shape index (κ1) is 14.3. The monoisotopic (exact) mass is 320 g/mol. The van der Waals surface area contributed by atoms with E-state index in [1.807, 2.05) is 31.2 Å². The van der Waals surface area contributed by atoms with Crippen molar-refractivity contribution >= 4 is 45.2 Å². The van der Waals surface area contributed by atoms with Gasteiger partial charge in [-0.05, 0) is 36.7 Å². The van der Waals surface area contributed by atoms with Crippen molar-refractivity contribution in [2.75, 3.05) is 6.54 Å². The van der Waals surface area contributed by atoms with E-state index in [-0.39, 0.29) is 4.48 Å². The summed E-state index contributed by atoms with van der Waals surface area (Å²) in [6.07, 6.45) is 0. The number of halogens is 2. The fraction of sp³-hybridized carbons (Fsp3) is 0.125. The number of nitrogens with zero attached hydrogens (tertiary/aromatic N) is 1. The maximum absolute atomic E-state index is 12.2. The van der Waals surface area contributed by atoms with Crippen LogP contribution in [0.5, 0.6) is 0 Å². The smallest absolute Gasteiger partial charge is 0.276 e. The van der Waals surface area contributed by atoms with Crippen molar-refractivity contribution in [3.8, 4) is 11.1 Å². The molecule has 5 heteroatoms. The SMILES string of the molecule is CC[N+]1(C(=O)Cl)c2ccccc2-c2cc(C(=O)Cl)ccc21. The minimum atomic E-state index is -0.519. The number of quaternary nitrogens is 1. The normalized spacial score (nSPS) is 19.0. The average molecular weight is 321 g/mol. The van der Waals surface area contributed by atoms with Gasteiger partial charge < -0.3 is 0 Å². The van der Waals surface area contributed by atoms with Crippen molar-refractivity contribution in [2.24, 2.45) is 0 Å². The Bertz CT molecular complexity index is 773. The third kappa shape index (κ3) is 1.85. The molecule has 1 atom stereocenters. The quantitative estimate of drug-likeness (QED) is 0.440. The molecule has 0 aliphatic carbocycles. The number of benzene rings is 2. The van der Waals surface area contributed by atoms with Crippen LogP contribution in [0.2, 0.25) is 0 Å². The van der Waals surface area contributed by atoms with E-state index in [0.29, 0.717) is 12.1 Å². The molecule has 2 aromatic rings. The molecule has 1 unspecified atom stereocenters. The van der Waals surface area contributed by atoms with Gasteiger partial charge in [0.25, 0.3) is 5.24 Å². The predicted molar refractivity (Wildman–Crippen MR) is 85.3 cm³/mol. The summed E-state index contributed by atoms with van der Waals surface area (Å²) in [5.41, 5.74) is 3.74. The second-order valence-electron chi connectivity index (χ2n) is 4.90. The van der Waals surface area contributed by atoms with Crippen LogP contribution in [0.4, 0.5) is 16.2 Å². The van der Waals surface area contributed by atoms with Crippen LogP contribution >= 0.6 is 23.2 Å². The molecule has 0 fully saturated rings. The second kappa shape index (κ2) is 4.95. The first-order valence-corrected chi connectivity index (χ1v) is 7.30. The third-order valence-electron chi connectivity index (χ3n) is 4.01. The Kier molecular flexibility index (Phi) is 3.36. The highest BCUT2D eigenvalue weighted by atomic mass is 35.5. The van der Waals surface area contributed by atoms with Crippen LogP contribution in [0.25, 0.3) is 11.1 Å². The second-order valence-corrected chi connectivity index (χ2v) is 5.57. The summed E-state index contributed by atoms with van der Waals surface area (Å²) in [6, 6.07) is 12.7. The summed E-state index contributed by atoms with van der Waals surface area (Å²) in [5.74, 6) is 0. The van der Waals surface area contributed by atoms with Crippen molar-refractivity contribution in [2.45, 2.75) is 6.92 Å². The first-order chi connectivity index (χ1) is 10.0. The molecule has 0 saturated heterocycles. The predicted octanol–water partition coefficient (Wildman–Crippen LogP) is 5.06. The van der Waals surface area contributed by atoms with Gasteiger partial charge in [-0.2, -0.15) is 4.48 Å². The lowest BCUT2D eigenvalue weighted by Crippen LogP contribution is -2.44. The molecule has 0 bridgehead atoms. The van der Waals surface area contributed by atoms with Gasteiger partial charge in [-0.25, -0.2) is 4.79 Å². The summed E-state index contributed by atoms with van der Waals surface area (Å²) in [5, 5.41) is -0.984. The van der Waals surface area contributed by atoms with Crippen LogP contribution in [0.3, 0.4) is 0 Å². The van der Waals surface area contributed by atoms with E-state index >= 15 is 0 Å². The van der Waals surface area contributed by atoms with Crippen LogP contribution in [-0.2, 0) is 0 Å². The Hall–Kier alpha value is -1.68. The van der Waals surface area contributed by atoms with E-state index in [1.54, 1.807) is 18.2 Å². The molecular formula is C16H12Cl2NO2+. The number of carbonyl (C=O) groups excluding carboxylic acids is 2. The highest BCUT2D eigenvalue weighted by molar-refractivity contribution is 6.68. The van der Waals surface area contributed by atoms with Crippen LogP contribution in [0.1, 0.15) is 17.3 Å². The van der Waals surface area contributed by atoms with Crippen molar-refractivity contribution < 1.29 is 9.59 Å². The number of para-hydroxylation sites is 1. The molecule has 1 aliphatic rings. The summed E-state index contributed by atoms with van der Waals surface area (Å²) in [6.45, 7) is 2.41.